The molecule has 2 aromatic carbocycles. The van der Waals surface area contributed by atoms with Crippen molar-refractivity contribution in [3.8, 4) is 0 Å². The largest absolute Gasteiger partial charge is 0.402 e. The fourth-order valence-electron chi connectivity index (χ4n) is 3.79. The molecule has 0 spiro atoms. The van der Waals surface area contributed by atoms with Crippen LogP contribution in [0.15, 0.2) is 66.9 Å². The smallest absolute Gasteiger partial charge is 0.0707 e. The van der Waals surface area contributed by atoms with Crippen LogP contribution in [0.25, 0.3) is 10.9 Å². The van der Waals surface area contributed by atoms with E-state index in [-0.39, 0.29) is 0 Å². The van der Waals surface area contributed by atoms with Crippen LogP contribution in [0, 0.1) is 12.8 Å². The number of allylic oxidation sites excluding steroid dienone is 1. The van der Waals surface area contributed by atoms with E-state index in [2.05, 4.69) is 73.1 Å². The predicted molar refractivity (Wildman–Crippen MR) is 105 cm³/mol. The Hall–Kier alpha value is -2.61. The molecule has 1 fully saturated rings. The van der Waals surface area contributed by atoms with Gasteiger partial charge >= 0.3 is 0 Å². The number of nitrogens with zero attached hydrogens (tertiary/aromatic N) is 1. The summed E-state index contributed by atoms with van der Waals surface area (Å²) in [5, 5.41) is 1.27. The average Bonchev–Trinajstić information content (AvgIpc) is 3.41. The van der Waals surface area contributed by atoms with Crippen molar-refractivity contribution >= 4 is 10.9 Å². The second-order valence-electron chi connectivity index (χ2n) is 7.21. The molecule has 2 atom stereocenters. The summed E-state index contributed by atoms with van der Waals surface area (Å²) in [6, 6.07) is 19.7. The van der Waals surface area contributed by atoms with Gasteiger partial charge in [-0.3, -0.25) is 4.98 Å². The van der Waals surface area contributed by atoms with Gasteiger partial charge in [-0.1, -0.05) is 49.0 Å². The Morgan fingerprint density at radius 1 is 1.12 bits per heavy atom. The molecule has 2 unspecified atom stereocenters. The number of aryl methyl sites for hydroxylation is 3. The lowest BCUT2D eigenvalue weighted by atomic mass is 9.99. The van der Waals surface area contributed by atoms with Crippen LogP contribution >= 0.6 is 0 Å². The highest BCUT2D eigenvalue weighted by Gasteiger charge is 2.39. The molecular weight excluding hydrogens is 304 g/mol. The van der Waals surface area contributed by atoms with Crippen LogP contribution < -0.4 is 5.73 Å². The van der Waals surface area contributed by atoms with Crippen LogP contribution in [0.3, 0.4) is 0 Å². The lowest BCUT2D eigenvalue weighted by Crippen LogP contribution is -1.98. The van der Waals surface area contributed by atoms with Crippen molar-refractivity contribution in [3.63, 3.8) is 0 Å². The summed E-state index contributed by atoms with van der Waals surface area (Å²) in [5.41, 5.74) is 13.0. The first-order valence-electron chi connectivity index (χ1n) is 9.00. The van der Waals surface area contributed by atoms with E-state index in [1.54, 1.807) is 0 Å². The number of aromatic nitrogens is 1. The van der Waals surface area contributed by atoms with E-state index in [4.69, 9.17) is 5.73 Å². The Bertz CT molecular complexity index is 924. The fourth-order valence-corrected chi connectivity index (χ4v) is 3.79. The lowest BCUT2D eigenvalue weighted by Gasteiger charge is -2.09. The minimum absolute atomic E-state index is 0.483. The van der Waals surface area contributed by atoms with E-state index >= 15 is 0 Å². The molecule has 0 saturated heterocycles. The van der Waals surface area contributed by atoms with E-state index in [1.807, 2.05) is 0 Å². The van der Waals surface area contributed by atoms with E-state index in [0.717, 1.165) is 36.2 Å². The van der Waals surface area contributed by atoms with Crippen LogP contribution in [0.4, 0.5) is 0 Å². The third-order valence-corrected chi connectivity index (χ3v) is 5.29. The molecule has 2 nitrogen and oxygen atoms in total. The van der Waals surface area contributed by atoms with Gasteiger partial charge in [-0.05, 0) is 60.9 Å². The van der Waals surface area contributed by atoms with Gasteiger partial charge in [0.1, 0.15) is 0 Å². The second kappa shape index (κ2) is 6.36. The summed E-state index contributed by atoms with van der Waals surface area (Å²) in [4.78, 5) is 4.63. The minimum atomic E-state index is 0.483. The molecule has 1 aliphatic carbocycles. The number of hydrogen-bond acceptors (Lipinski definition) is 2. The van der Waals surface area contributed by atoms with Crippen molar-refractivity contribution in [3.05, 3.63) is 89.3 Å². The fraction of sp³-hybridized carbons (Fsp3) is 0.261. The summed E-state index contributed by atoms with van der Waals surface area (Å²) in [6.45, 7) is 5.95. The molecule has 0 radical (unpaired) electrons. The first-order chi connectivity index (χ1) is 12.1. The Labute approximate surface area is 149 Å². The molecule has 0 bridgehead atoms. The molecule has 25 heavy (non-hydrogen) atoms. The maximum atomic E-state index is 5.83. The van der Waals surface area contributed by atoms with Gasteiger partial charge in [-0.2, -0.15) is 0 Å². The van der Waals surface area contributed by atoms with E-state index < -0.39 is 0 Å². The quantitative estimate of drug-likeness (QED) is 0.723. The van der Waals surface area contributed by atoms with Crippen molar-refractivity contribution < 1.29 is 0 Å². The van der Waals surface area contributed by atoms with E-state index in [9.17, 15) is 0 Å². The molecule has 0 aliphatic heterocycles. The zero-order chi connectivity index (χ0) is 17.4. The predicted octanol–water partition coefficient (Wildman–Crippen LogP) is 4.90. The molecule has 1 heterocycles. The Balaban J connectivity index is 1.48. The molecule has 1 saturated carbocycles. The molecule has 126 valence electrons. The van der Waals surface area contributed by atoms with E-state index in [0.29, 0.717) is 11.8 Å². The highest BCUT2D eigenvalue weighted by atomic mass is 14.7. The Kier molecular flexibility index (Phi) is 4.04. The average molecular weight is 328 g/mol. The zero-order valence-corrected chi connectivity index (χ0v) is 14.7. The lowest BCUT2D eigenvalue weighted by molar-refractivity contribution is 0.921. The first kappa shape index (κ1) is 15.9. The summed E-state index contributed by atoms with van der Waals surface area (Å²) < 4.78 is 0. The summed E-state index contributed by atoms with van der Waals surface area (Å²) in [5.74, 6) is 1.07. The summed E-state index contributed by atoms with van der Waals surface area (Å²) in [7, 11) is 0. The minimum Gasteiger partial charge on any atom is -0.402 e. The van der Waals surface area contributed by atoms with Gasteiger partial charge in [0.25, 0.3) is 0 Å². The molecule has 4 rings (SSSR count). The maximum Gasteiger partial charge on any atom is 0.0707 e. The van der Waals surface area contributed by atoms with Gasteiger partial charge in [-0.25, -0.2) is 0 Å². The second-order valence-corrected chi connectivity index (χ2v) is 7.21. The van der Waals surface area contributed by atoms with Gasteiger partial charge < -0.3 is 5.73 Å². The van der Waals surface area contributed by atoms with Gasteiger partial charge in [-0.15, -0.1) is 0 Å². The molecular formula is C23H24N2. The van der Waals surface area contributed by atoms with Gasteiger partial charge in [0, 0.05) is 22.7 Å². The van der Waals surface area contributed by atoms with Crippen molar-refractivity contribution in [2.75, 3.05) is 0 Å². The topological polar surface area (TPSA) is 38.9 Å². The standard InChI is InChI=1S/C23H24N2/c1-15-13-19(20-5-3-4-6-23(20)25-15)12-9-17-7-10-18(11-8-17)22-14-21(22)16(2)24/h3-8,10-11,13,21-22H,2,9,12,14,24H2,1H3. The third kappa shape index (κ3) is 3.30. The Morgan fingerprint density at radius 3 is 2.60 bits per heavy atom. The number of pyridine rings is 1. The highest BCUT2D eigenvalue weighted by molar-refractivity contribution is 5.82. The molecule has 1 aliphatic rings. The molecule has 1 aromatic heterocycles. The van der Waals surface area contributed by atoms with Crippen molar-refractivity contribution in [1.29, 1.82) is 0 Å². The normalized spacial score (nSPS) is 19.1. The van der Waals surface area contributed by atoms with Crippen LogP contribution in [0.5, 0.6) is 0 Å². The van der Waals surface area contributed by atoms with Crippen molar-refractivity contribution in [1.82, 2.24) is 4.98 Å². The van der Waals surface area contributed by atoms with Crippen LogP contribution in [-0.4, -0.2) is 4.98 Å². The zero-order valence-electron chi connectivity index (χ0n) is 14.7. The first-order valence-corrected chi connectivity index (χ1v) is 9.00. The van der Waals surface area contributed by atoms with Crippen LogP contribution in [-0.2, 0) is 12.8 Å². The van der Waals surface area contributed by atoms with Gasteiger partial charge in [0.15, 0.2) is 0 Å². The SMILES string of the molecule is C=C(N)C1CC1c1ccc(CCc2cc(C)nc3ccccc23)cc1. The van der Waals surface area contributed by atoms with Crippen molar-refractivity contribution in [2.24, 2.45) is 11.7 Å². The Morgan fingerprint density at radius 2 is 1.88 bits per heavy atom. The number of para-hydroxylation sites is 1. The summed E-state index contributed by atoms with van der Waals surface area (Å²) in [6.07, 6.45) is 3.23. The van der Waals surface area contributed by atoms with Gasteiger partial charge in [0.2, 0.25) is 0 Å². The highest BCUT2D eigenvalue weighted by Crippen LogP contribution is 2.49. The van der Waals surface area contributed by atoms with Gasteiger partial charge in [0.05, 0.1) is 5.52 Å². The maximum absolute atomic E-state index is 5.83. The number of benzene rings is 2. The van der Waals surface area contributed by atoms with Crippen molar-refractivity contribution in [2.45, 2.75) is 32.1 Å². The third-order valence-electron chi connectivity index (χ3n) is 5.29. The number of nitrogens with two attached hydrogens (primary N) is 1. The van der Waals surface area contributed by atoms with Crippen LogP contribution in [0.2, 0.25) is 0 Å². The number of fused-ring (bicyclic) bond motifs is 1. The molecule has 2 heteroatoms. The monoisotopic (exact) mass is 328 g/mol. The summed E-state index contributed by atoms with van der Waals surface area (Å²) >= 11 is 0. The van der Waals surface area contributed by atoms with E-state index in [1.165, 1.54) is 22.1 Å². The molecule has 3 aromatic rings. The molecule has 2 N–H and O–H groups in total. The number of rotatable bonds is 5. The van der Waals surface area contributed by atoms with Crippen LogP contribution in [0.1, 0.15) is 34.7 Å². The number of hydrogen-bond donors (Lipinski definition) is 1. The molecule has 0 amide bonds.